The highest BCUT2D eigenvalue weighted by Crippen LogP contribution is 2.35. The molecule has 0 aliphatic carbocycles. The van der Waals surface area contributed by atoms with Gasteiger partial charge in [0.15, 0.2) is 11.5 Å². The Morgan fingerprint density at radius 2 is 1.93 bits per heavy atom. The van der Waals surface area contributed by atoms with Crippen molar-refractivity contribution in [2.75, 3.05) is 37.1 Å². The van der Waals surface area contributed by atoms with Gasteiger partial charge in [0.1, 0.15) is 19.0 Å². The minimum Gasteiger partial charge on any atom is -0.495 e. The summed E-state index contributed by atoms with van der Waals surface area (Å²) in [5, 5.41) is 2.88. The van der Waals surface area contributed by atoms with E-state index >= 15 is 0 Å². The van der Waals surface area contributed by atoms with Crippen molar-refractivity contribution < 1.29 is 23.8 Å². The fourth-order valence-corrected chi connectivity index (χ4v) is 3.49. The number of anilines is 2. The smallest absolute Gasteiger partial charge is 0.229 e. The lowest BCUT2D eigenvalue weighted by Crippen LogP contribution is -2.28. The Morgan fingerprint density at radius 1 is 1.14 bits per heavy atom. The topological polar surface area (TPSA) is 77.1 Å². The molecule has 2 heterocycles. The number of amides is 2. The number of hydrogen-bond acceptors (Lipinski definition) is 5. The predicted molar refractivity (Wildman–Crippen MR) is 104 cm³/mol. The molecule has 2 aliphatic rings. The molecule has 146 valence electrons. The van der Waals surface area contributed by atoms with Crippen molar-refractivity contribution in [3.8, 4) is 17.2 Å². The molecule has 7 nitrogen and oxygen atoms in total. The van der Waals surface area contributed by atoms with Crippen LogP contribution in [0.3, 0.4) is 0 Å². The zero-order valence-electron chi connectivity index (χ0n) is 15.9. The normalized spacial score (nSPS) is 18.1. The molecule has 2 aromatic carbocycles. The Hall–Kier alpha value is -3.22. The van der Waals surface area contributed by atoms with E-state index in [4.69, 9.17) is 14.2 Å². The second kappa shape index (κ2) is 7.42. The van der Waals surface area contributed by atoms with Gasteiger partial charge in [-0.25, -0.2) is 0 Å². The molecule has 2 amide bonds. The predicted octanol–water partition coefficient (Wildman–Crippen LogP) is 2.77. The molecule has 0 radical (unpaired) electrons. The molecule has 1 saturated heterocycles. The van der Waals surface area contributed by atoms with Crippen molar-refractivity contribution in [1.82, 2.24) is 0 Å². The van der Waals surface area contributed by atoms with Gasteiger partial charge in [-0.2, -0.15) is 0 Å². The molecule has 2 aromatic rings. The first kappa shape index (κ1) is 18.2. The number of hydrogen-bond donors (Lipinski definition) is 1. The second-order valence-electron chi connectivity index (χ2n) is 6.93. The van der Waals surface area contributed by atoms with Crippen LogP contribution in [0.2, 0.25) is 0 Å². The fourth-order valence-electron chi connectivity index (χ4n) is 3.49. The first-order chi connectivity index (χ1) is 13.5. The fraction of sp³-hybridized carbons (Fsp3) is 0.333. The Labute approximate surface area is 163 Å². The highest BCUT2D eigenvalue weighted by Gasteiger charge is 2.36. The minimum atomic E-state index is -0.439. The highest BCUT2D eigenvalue weighted by atomic mass is 16.6. The molecule has 0 unspecified atom stereocenters. The highest BCUT2D eigenvalue weighted by molar-refractivity contribution is 6.04. The maximum absolute atomic E-state index is 12.7. The first-order valence-corrected chi connectivity index (χ1v) is 9.20. The lowest BCUT2D eigenvalue weighted by atomic mass is 10.1. The lowest BCUT2D eigenvalue weighted by Gasteiger charge is -2.20. The molecule has 0 bridgehead atoms. The Morgan fingerprint density at radius 3 is 2.71 bits per heavy atom. The third-order valence-corrected chi connectivity index (χ3v) is 4.93. The van der Waals surface area contributed by atoms with Crippen LogP contribution in [0.1, 0.15) is 12.0 Å². The van der Waals surface area contributed by atoms with E-state index in [1.807, 2.05) is 25.1 Å². The lowest BCUT2D eigenvalue weighted by molar-refractivity contribution is -0.122. The van der Waals surface area contributed by atoms with Crippen LogP contribution in [-0.4, -0.2) is 38.7 Å². The summed E-state index contributed by atoms with van der Waals surface area (Å²) in [6.07, 6.45) is 0.160. The van der Waals surface area contributed by atoms with Crippen molar-refractivity contribution in [3.63, 3.8) is 0 Å². The number of rotatable bonds is 4. The monoisotopic (exact) mass is 382 g/mol. The standard InChI is InChI=1S/C21H22N2O5/c1-13-3-5-17(26-2)16(9-13)23-12-14(10-20(23)24)21(25)22-15-4-6-18-19(11-15)28-8-7-27-18/h3-6,9,11,14H,7-8,10,12H2,1-2H3,(H,22,25)/t14-/m1/s1. The van der Waals surface area contributed by atoms with E-state index in [9.17, 15) is 9.59 Å². The summed E-state index contributed by atoms with van der Waals surface area (Å²) in [6, 6.07) is 10.9. The van der Waals surface area contributed by atoms with Gasteiger partial charge in [-0.05, 0) is 36.8 Å². The Kier molecular flexibility index (Phi) is 4.81. The number of fused-ring (bicyclic) bond motifs is 1. The summed E-state index contributed by atoms with van der Waals surface area (Å²) in [7, 11) is 1.57. The van der Waals surface area contributed by atoms with E-state index in [1.54, 1.807) is 30.2 Å². The molecule has 1 N–H and O–H groups in total. The average molecular weight is 382 g/mol. The zero-order valence-corrected chi connectivity index (χ0v) is 15.9. The average Bonchev–Trinajstić information content (AvgIpc) is 3.09. The largest absolute Gasteiger partial charge is 0.495 e. The molecular weight excluding hydrogens is 360 g/mol. The van der Waals surface area contributed by atoms with E-state index in [0.29, 0.717) is 48.4 Å². The molecule has 0 aromatic heterocycles. The van der Waals surface area contributed by atoms with Gasteiger partial charge >= 0.3 is 0 Å². The Bertz CT molecular complexity index is 927. The number of methoxy groups -OCH3 is 1. The van der Waals surface area contributed by atoms with Crippen LogP contribution in [0.4, 0.5) is 11.4 Å². The summed E-state index contributed by atoms with van der Waals surface area (Å²) in [6.45, 7) is 3.26. The molecule has 28 heavy (non-hydrogen) atoms. The summed E-state index contributed by atoms with van der Waals surface area (Å²) < 4.78 is 16.4. The van der Waals surface area contributed by atoms with Crippen LogP contribution in [0, 0.1) is 12.8 Å². The van der Waals surface area contributed by atoms with Crippen LogP contribution in [-0.2, 0) is 9.59 Å². The van der Waals surface area contributed by atoms with Gasteiger partial charge in [0.05, 0.1) is 18.7 Å². The van der Waals surface area contributed by atoms with Gasteiger partial charge in [-0.1, -0.05) is 6.07 Å². The zero-order chi connectivity index (χ0) is 19.7. The summed E-state index contributed by atoms with van der Waals surface area (Å²) >= 11 is 0. The van der Waals surface area contributed by atoms with E-state index in [0.717, 1.165) is 5.56 Å². The van der Waals surface area contributed by atoms with E-state index in [2.05, 4.69) is 5.32 Å². The van der Waals surface area contributed by atoms with E-state index in [1.165, 1.54) is 0 Å². The number of benzene rings is 2. The second-order valence-corrected chi connectivity index (χ2v) is 6.93. The molecule has 0 saturated carbocycles. The molecule has 1 fully saturated rings. The maximum atomic E-state index is 12.7. The van der Waals surface area contributed by atoms with Crippen LogP contribution in [0.5, 0.6) is 17.2 Å². The van der Waals surface area contributed by atoms with Crippen LogP contribution < -0.4 is 24.4 Å². The summed E-state index contributed by atoms with van der Waals surface area (Å²) in [5.74, 6) is 1.17. The summed E-state index contributed by atoms with van der Waals surface area (Å²) in [5.41, 5.74) is 2.34. The number of carbonyl (C=O) groups is 2. The van der Waals surface area contributed by atoms with Crippen molar-refractivity contribution >= 4 is 23.2 Å². The van der Waals surface area contributed by atoms with Gasteiger partial charge in [-0.3, -0.25) is 9.59 Å². The van der Waals surface area contributed by atoms with Crippen molar-refractivity contribution in [2.24, 2.45) is 5.92 Å². The van der Waals surface area contributed by atoms with Crippen molar-refractivity contribution in [2.45, 2.75) is 13.3 Å². The molecular formula is C21H22N2O5. The molecule has 1 atom stereocenters. The van der Waals surface area contributed by atoms with E-state index in [-0.39, 0.29) is 18.2 Å². The van der Waals surface area contributed by atoms with Crippen LogP contribution >= 0.6 is 0 Å². The van der Waals surface area contributed by atoms with Gasteiger partial charge in [0.25, 0.3) is 0 Å². The number of nitrogens with one attached hydrogen (secondary N) is 1. The molecule has 4 rings (SSSR count). The van der Waals surface area contributed by atoms with Crippen LogP contribution in [0.15, 0.2) is 36.4 Å². The van der Waals surface area contributed by atoms with Gasteiger partial charge in [0, 0.05) is 24.7 Å². The van der Waals surface area contributed by atoms with Crippen LogP contribution in [0.25, 0.3) is 0 Å². The summed E-state index contributed by atoms with van der Waals surface area (Å²) in [4.78, 5) is 26.9. The number of carbonyl (C=O) groups excluding carboxylic acids is 2. The molecule has 0 spiro atoms. The van der Waals surface area contributed by atoms with Crippen molar-refractivity contribution in [1.29, 1.82) is 0 Å². The van der Waals surface area contributed by atoms with E-state index < -0.39 is 5.92 Å². The SMILES string of the molecule is COc1ccc(C)cc1N1C[C@H](C(=O)Nc2ccc3c(c2)OCCO3)CC1=O. The molecule has 2 aliphatic heterocycles. The quantitative estimate of drug-likeness (QED) is 0.880. The first-order valence-electron chi connectivity index (χ1n) is 9.20. The Balaban J connectivity index is 1.48. The third kappa shape index (κ3) is 3.47. The van der Waals surface area contributed by atoms with Gasteiger partial charge < -0.3 is 24.4 Å². The van der Waals surface area contributed by atoms with Gasteiger partial charge in [-0.15, -0.1) is 0 Å². The number of nitrogens with zero attached hydrogens (tertiary/aromatic N) is 1. The van der Waals surface area contributed by atoms with Gasteiger partial charge in [0.2, 0.25) is 11.8 Å². The number of aryl methyl sites for hydroxylation is 1. The van der Waals surface area contributed by atoms with Crippen molar-refractivity contribution in [3.05, 3.63) is 42.0 Å². The molecule has 7 heteroatoms. The minimum absolute atomic E-state index is 0.0915. The maximum Gasteiger partial charge on any atom is 0.229 e. The third-order valence-electron chi connectivity index (χ3n) is 4.93. The number of ether oxygens (including phenoxy) is 3.